The van der Waals surface area contributed by atoms with Crippen LogP contribution in [0.5, 0.6) is 0 Å². The number of rotatable bonds is 3. The average Bonchev–Trinajstić information content (AvgIpc) is 3.08. The lowest BCUT2D eigenvalue weighted by Gasteiger charge is -1.99. The fourth-order valence-corrected chi connectivity index (χ4v) is 5.09. The normalized spacial score (nSPS) is 12.6. The minimum Gasteiger partial charge on any atom is -0.304 e. The summed E-state index contributed by atoms with van der Waals surface area (Å²) in [4.78, 5) is 0.391. The molecule has 2 heterocycles. The molecule has 0 amide bonds. The number of aromatic nitrogens is 1. The molecule has 2 aromatic heterocycles. The molecule has 21 heavy (non-hydrogen) atoms. The van der Waals surface area contributed by atoms with Crippen molar-refractivity contribution in [1.29, 1.82) is 0 Å². The molecule has 0 saturated heterocycles. The topological polar surface area (TPSA) is 51.4 Å². The van der Waals surface area contributed by atoms with E-state index in [9.17, 15) is 8.42 Å². The van der Waals surface area contributed by atoms with E-state index in [1.807, 2.05) is 24.3 Å². The number of thiophene rings is 1. The molecule has 0 bridgehead atoms. The first kappa shape index (κ1) is 14.1. The van der Waals surface area contributed by atoms with Gasteiger partial charge in [-0.15, -0.1) is 22.2 Å². The standard InChI is InChI=1S/C14H10N2O2S3/c1-2-9-16-11-6-3-4-7-12(11)20-14(16)15-21(17,18)13-8-5-10-19-13/h1,3-8,10H,9H2/b15-14-. The van der Waals surface area contributed by atoms with Crippen LogP contribution in [-0.2, 0) is 16.6 Å². The van der Waals surface area contributed by atoms with Gasteiger partial charge in [0.1, 0.15) is 4.21 Å². The molecular weight excluding hydrogens is 324 g/mol. The van der Waals surface area contributed by atoms with E-state index in [-0.39, 0.29) is 10.8 Å². The Bertz CT molecular complexity index is 987. The van der Waals surface area contributed by atoms with Gasteiger partial charge >= 0.3 is 0 Å². The number of nitrogens with zero attached hydrogens (tertiary/aromatic N) is 2. The number of hydrogen-bond acceptors (Lipinski definition) is 4. The van der Waals surface area contributed by atoms with E-state index in [4.69, 9.17) is 6.42 Å². The summed E-state index contributed by atoms with van der Waals surface area (Å²) in [5.41, 5.74) is 0.889. The van der Waals surface area contributed by atoms with Crippen LogP contribution in [-0.4, -0.2) is 13.0 Å². The zero-order valence-corrected chi connectivity index (χ0v) is 13.2. The third-order valence-electron chi connectivity index (χ3n) is 2.79. The lowest BCUT2D eigenvalue weighted by Crippen LogP contribution is -2.16. The van der Waals surface area contributed by atoms with Gasteiger partial charge in [0.25, 0.3) is 10.0 Å². The quantitative estimate of drug-likeness (QED) is 0.692. The van der Waals surface area contributed by atoms with E-state index in [1.54, 1.807) is 22.1 Å². The highest BCUT2D eigenvalue weighted by Gasteiger charge is 2.15. The minimum absolute atomic E-state index is 0.229. The van der Waals surface area contributed by atoms with Crippen molar-refractivity contribution >= 4 is 42.9 Å². The molecule has 0 unspecified atom stereocenters. The Morgan fingerprint density at radius 2 is 2.05 bits per heavy atom. The van der Waals surface area contributed by atoms with Gasteiger partial charge in [0.05, 0.1) is 16.8 Å². The Kier molecular flexibility index (Phi) is 3.68. The first-order valence-electron chi connectivity index (χ1n) is 5.98. The number of terminal acetylenes is 1. The van der Waals surface area contributed by atoms with Gasteiger partial charge < -0.3 is 4.57 Å². The molecule has 0 radical (unpaired) electrons. The second-order valence-electron chi connectivity index (χ2n) is 4.14. The Morgan fingerprint density at radius 1 is 1.24 bits per heavy atom. The van der Waals surface area contributed by atoms with Gasteiger partial charge in [-0.25, -0.2) is 0 Å². The molecule has 7 heteroatoms. The molecule has 0 N–H and O–H groups in total. The Morgan fingerprint density at radius 3 is 2.76 bits per heavy atom. The van der Waals surface area contributed by atoms with Crippen molar-refractivity contribution in [2.24, 2.45) is 4.40 Å². The summed E-state index contributed by atoms with van der Waals surface area (Å²) in [5, 5.41) is 1.71. The highest BCUT2D eigenvalue weighted by molar-refractivity contribution is 7.92. The zero-order valence-electron chi connectivity index (χ0n) is 10.8. The SMILES string of the molecule is C#CCn1/c(=N/S(=O)(=O)c2cccs2)sc2ccccc21. The summed E-state index contributed by atoms with van der Waals surface area (Å²) in [6, 6.07) is 10.8. The number of sulfonamides is 1. The van der Waals surface area contributed by atoms with Crippen LogP contribution in [0.2, 0.25) is 0 Å². The second-order valence-corrected chi connectivity index (χ2v) is 7.93. The molecule has 1 aromatic carbocycles. The smallest absolute Gasteiger partial charge is 0.294 e. The van der Waals surface area contributed by atoms with Gasteiger partial charge in [0.2, 0.25) is 4.80 Å². The highest BCUT2D eigenvalue weighted by atomic mass is 32.2. The van der Waals surface area contributed by atoms with E-state index in [2.05, 4.69) is 10.3 Å². The summed E-state index contributed by atoms with van der Waals surface area (Å²) < 4.78 is 31.4. The molecule has 4 nitrogen and oxygen atoms in total. The fourth-order valence-electron chi connectivity index (χ4n) is 1.89. The number of thiazole rings is 1. The molecule has 106 valence electrons. The Balaban J connectivity index is 2.28. The van der Waals surface area contributed by atoms with Crippen molar-refractivity contribution in [2.75, 3.05) is 0 Å². The van der Waals surface area contributed by atoms with Crippen LogP contribution in [0.1, 0.15) is 0 Å². The highest BCUT2D eigenvalue weighted by Crippen LogP contribution is 2.20. The second kappa shape index (κ2) is 5.48. The predicted molar refractivity (Wildman–Crippen MR) is 85.7 cm³/mol. The summed E-state index contributed by atoms with van der Waals surface area (Å²) >= 11 is 2.46. The molecule has 0 aliphatic rings. The maximum absolute atomic E-state index is 12.3. The number of para-hydroxylation sites is 1. The Labute approximate surface area is 130 Å². The van der Waals surface area contributed by atoms with E-state index < -0.39 is 10.0 Å². The van der Waals surface area contributed by atoms with E-state index in [0.29, 0.717) is 4.80 Å². The van der Waals surface area contributed by atoms with Crippen LogP contribution in [0, 0.1) is 12.3 Å². The molecule has 0 spiro atoms. The molecule has 0 atom stereocenters. The van der Waals surface area contributed by atoms with Gasteiger partial charge in [-0.3, -0.25) is 0 Å². The van der Waals surface area contributed by atoms with E-state index >= 15 is 0 Å². The largest absolute Gasteiger partial charge is 0.304 e. The van der Waals surface area contributed by atoms with Crippen LogP contribution in [0.3, 0.4) is 0 Å². The monoisotopic (exact) mass is 334 g/mol. The number of benzene rings is 1. The lowest BCUT2D eigenvalue weighted by atomic mass is 10.3. The lowest BCUT2D eigenvalue weighted by molar-refractivity contribution is 0.598. The minimum atomic E-state index is -3.69. The van der Waals surface area contributed by atoms with Crippen molar-refractivity contribution in [2.45, 2.75) is 10.8 Å². The maximum Gasteiger partial charge on any atom is 0.294 e. The van der Waals surface area contributed by atoms with Crippen LogP contribution in [0.25, 0.3) is 10.2 Å². The molecule has 0 aliphatic heterocycles. The zero-order chi connectivity index (χ0) is 14.9. The first-order valence-corrected chi connectivity index (χ1v) is 9.12. The molecule has 0 fully saturated rings. The van der Waals surface area contributed by atoms with Crippen molar-refractivity contribution in [1.82, 2.24) is 4.57 Å². The summed E-state index contributed by atoms with van der Waals surface area (Å²) in [5.74, 6) is 2.54. The average molecular weight is 334 g/mol. The van der Waals surface area contributed by atoms with Crippen LogP contribution in [0.15, 0.2) is 50.4 Å². The number of fused-ring (bicyclic) bond motifs is 1. The molecule has 0 aliphatic carbocycles. The fraction of sp³-hybridized carbons (Fsp3) is 0.0714. The molecule has 3 rings (SSSR count). The number of hydrogen-bond donors (Lipinski definition) is 0. The first-order chi connectivity index (χ1) is 10.1. The van der Waals surface area contributed by atoms with Crippen LogP contribution < -0.4 is 4.80 Å². The van der Waals surface area contributed by atoms with Gasteiger partial charge in [0, 0.05) is 0 Å². The molecule has 0 saturated carbocycles. The van der Waals surface area contributed by atoms with Crippen LogP contribution >= 0.6 is 22.7 Å². The van der Waals surface area contributed by atoms with E-state index in [0.717, 1.165) is 21.6 Å². The predicted octanol–water partition coefficient (Wildman–Crippen LogP) is 2.69. The van der Waals surface area contributed by atoms with Crippen LogP contribution in [0.4, 0.5) is 0 Å². The Hall–Kier alpha value is -1.88. The van der Waals surface area contributed by atoms with Crippen molar-refractivity contribution < 1.29 is 8.42 Å². The summed E-state index contributed by atoms with van der Waals surface area (Å²) in [7, 11) is -3.69. The summed E-state index contributed by atoms with van der Waals surface area (Å²) in [6.07, 6.45) is 5.38. The van der Waals surface area contributed by atoms with Crippen molar-refractivity contribution in [3.63, 3.8) is 0 Å². The maximum atomic E-state index is 12.3. The van der Waals surface area contributed by atoms with Gasteiger partial charge in [-0.2, -0.15) is 8.42 Å². The summed E-state index contributed by atoms with van der Waals surface area (Å²) in [6.45, 7) is 0.281. The van der Waals surface area contributed by atoms with Gasteiger partial charge in [-0.1, -0.05) is 35.5 Å². The van der Waals surface area contributed by atoms with E-state index in [1.165, 1.54) is 11.3 Å². The molecule has 3 aromatic rings. The van der Waals surface area contributed by atoms with Crippen molar-refractivity contribution in [3.05, 3.63) is 46.6 Å². The van der Waals surface area contributed by atoms with Crippen molar-refractivity contribution in [3.8, 4) is 12.3 Å². The third kappa shape index (κ3) is 2.65. The van der Waals surface area contributed by atoms with Gasteiger partial charge in [-0.05, 0) is 23.6 Å². The molecular formula is C14H10N2O2S3. The van der Waals surface area contributed by atoms with Gasteiger partial charge in [0.15, 0.2) is 0 Å². The third-order valence-corrected chi connectivity index (χ3v) is 6.60.